The largest absolute Gasteiger partial charge is 0.459 e. The Morgan fingerprint density at radius 1 is 0.548 bits per heavy atom. The van der Waals surface area contributed by atoms with Crippen LogP contribution in [0.25, 0.3) is 31.3 Å². The molecule has 0 aromatic heterocycles. The van der Waals surface area contributed by atoms with Gasteiger partial charge in [-0.25, -0.2) is 14.4 Å². The van der Waals surface area contributed by atoms with Gasteiger partial charge in [-0.15, -0.1) is 0 Å². The summed E-state index contributed by atoms with van der Waals surface area (Å²) in [7, 11) is 0. The number of hydrogen-bond acceptors (Lipinski definition) is 17. The molecule has 73 heavy (non-hydrogen) atoms. The quantitative estimate of drug-likeness (QED) is 0.0481. The predicted octanol–water partition coefficient (Wildman–Crippen LogP) is 8.48. The Labute approximate surface area is 418 Å². The molecular weight excluding hydrogens is 951 g/mol. The zero-order valence-electron chi connectivity index (χ0n) is 39.7. The first kappa shape index (κ1) is 50.2. The first-order chi connectivity index (χ1) is 35.7. The van der Waals surface area contributed by atoms with Crippen LogP contribution in [0.15, 0.2) is 106 Å². The standard InChI is InChI=1S/C50H55N9O14/c51-57-54-32-26-33(55-58-52)38-42(73-50(71-38)24-14-5-15-25-50)37(32)69-47-36(56-59-53)41(40-35(65-47)28-64-49(72-40)22-12-4-13-23-49)70-48-43(68-46(62)31-20-10-3-11-21-31)39(67-45(61)30-18-8-2-9-19-30)34(66-48)27-63-44(60)29-16-6-1-7-17-29/h1-3,6-11,16-21,32-43,47-48H,4-5,12-15,22-28H2/t32?,33-,34-,35?,36?,37+,38?,39+,40+,41-,42+,43?,47+,48+/m1/s1. The highest BCUT2D eigenvalue weighted by atomic mass is 16.8. The van der Waals surface area contributed by atoms with Gasteiger partial charge in [-0.1, -0.05) is 82.8 Å². The third-order valence-electron chi connectivity index (χ3n) is 14.6. The third kappa shape index (κ3) is 10.8. The Morgan fingerprint density at radius 3 is 1.67 bits per heavy atom. The number of carbonyl (C=O) groups is 3. The van der Waals surface area contributed by atoms with Crippen LogP contribution in [0.5, 0.6) is 0 Å². The first-order valence-electron chi connectivity index (χ1n) is 24.9. The maximum atomic E-state index is 14.1. The van der Waals surface area contributed by atoms with Gasteiger partial charge < -0.3 is 52.1 Å². The molecule has 3 aromatic carbocycles. The van der Waals surface area contributed by atoms with Crippen molar-refractivity contribution in [1.82, 2.24) is 0 Å². The SMILES string of the molecule is [N-]=[N+]=NC1[C@H](O[C@H]2C(N=[N+]=[N-])C[C@@H](N=[N+]=[N-])C3OC4(CCCCC4)O[C@H]32)OC2COC3(CCCCC3)O[C@@H]2[C@@H]1O[C@@H]1O[C@H](COC(=O)c2ccccc2)[C@H](OC(=O)c2ccccc2)C1OC(=O)c1ccccc1. The number of azide groups is 3. The van der Waals surface area contributed by atoms with Crippen LogP contribution in [0.1, 0.15) is 102 Å². The number of ether oxygens (including phenoxy) is 11. The first-order valence-corrected chi connectivity index (χ1v) is 24.9. The van der Waals surface area contributed by atoms with E-state index in [0.29, 0.717) is 25.7 Å². The molecular formula is C50H55N9O14. The molecule has 5 unspecified atom stereocenters. The van der Waals surface area contributed by atoms with Crippen molar-refractivity contribution in [1.29, 1.82) is 0 Å². The van der Waals surface area contributed by atoms with Crippen molar-refractivity contribution in [2.75, 3.05) is 13.2 Å². The van der Waals surface area contributed by atoms with Crippen LogP contribution < -0.4 is 0 Å². The minimum atomic E-state index is -1.63. The lowest BCUT2D eigenvalue weighted by atomic mass is 9.84. The average Bonchev–Trinajstić information content (AvgIpc) is 3.95. The minimum absolute atomic E-state index is 0.0150. The number of benzene rings is 3. The van der Waals surface area contributed by atoms with E-state index in [1.807, 2.05) is 0 Å². The fourth-order valence-electron chi connectivity index (χ4n) is 11.1. The number of esters is 3. The summed E-state index contributed by atoms with van der Waals surface area (Å²) in [5, 5.41) is 12.4. The molecule has 4 saturated heterocycles. The van der Waals surface area contributed by atoms with Gasteiger partial charge in [-0.2, -0.15) is 0 Å². The molecule has 7 aliphatic rings. The van der Waals surface area contributed by atoms with Crippen LogP contribution in [0.2, 0.25) is 0 Å². The van der Waals surface area contributed by atoms with Crippen LogP contribution in [0.3, 0.4) is 0 Å². The highest BCUT2D eigenvalue weighted by Gasteiger charge is 2.62. The Balaban J connectivity index is 1.02. The van der Waals surface area contributed by atoms with Gasteiger partial charge in [0.2, 0.25) is 0 Å². The highest BCUT2D eigenvalue weighted by molar-refractivity contribution is 5.91. The summed E-state index contributed by atoms with van der Waals surface area (Å²) in [6, 6.07) is 21.3. The predicted molar refractivity (Wildman–Crippen MR) is 251 cm³/mol. The second-order valence-electron chi connectivity index (χ2n) is 19.2. The third-order valence-corrected chi connectivity index (χ3v) is 14.6. The molecule has 14 atom stereocenters. The molecule has 0 N–H and O–H groups in total. The van der Waals surface area contributed by atoms with E-state index in [-0.39, 0.29) is 29.7 Å². The maximum Gasteiger partial charge on any atom is 0.338 e. The fraction of sp³-hybridized carbons (Fsp3) is 0.580. The monoisotopic (exact) mass is 1010 g/mol. The normalized spacial score (nSPS) is 33.9. The van der Waals surface area contributed by atoms with Crippen molar-refractivity contribution in [3.8, 4) is 0 Å². The van der Waals surface area contributed by atoms with E-state index in [9.17, 15) is 31.0 Å². The molecule has 4 heterocycles. The van der Waals surface area contributed by atoms with Crippen molar-refractivity contribution >= 4 is 17.9 Å². The van der Waals surface area contributed by atoms with Crippen LogP contribution >= 0.6 is 0 Å². The number of fused-ring (bicyclic) bond motifs is 2. The van der Waals surface area contributed by atoms with E-state index in [0.717, 1.165) is 38.5 Å². The van der Waals surface area contributed by atoms with Gasteiger partial charge in [-0.05, 0) is 85.1 Å². The van der Waals surface area contributed by atoms with Crippen molar-refractivity contribution in [2.45, 2.75) is 168 Å². The molecule has 3 aromatic rings. The van der Waals surface area contributed by atoms with E-state index in [1.54, 1.807) is 91.0 Å². The zero-order valence-corrected chi connectivity index (χ0v) is 39.7. The number of rotatable bonds is 14. The van der Waals surface area contributed by atoms with Gasteiger partial charge in [0, 0.05) is 40.4 Å². The molecule has 0 bridgehead atoms. The van der Waals surface area contributed by atoms with Crippen LogP contribution in [-0.2, 0) is 52.1 Å². The summed E-state index contributed by atoms with van der Waals surface area (Å²) in [6.07, 6.45) is -6.13. The number of carbonyl (C=O) groups excluding carboxylic acids is 3. The smallest absolute Gasteiger partial charge is 0.338 e. The van der Waals surface area contributed by atoms with E-state index in [4.69, 9.17) is 52.1 Å². The molecule has 0 amide bonds. The van der Waals surface area contributed by atoms with Gasteiger partial charge >= 0.3 is 17.9 Å². The van der Waals surface area contributed by atoms with E-state index in [1.165, 1.54) is 0 Å². The van der Waals surface area contributed by atoms with E-state index in [2.05, 4.69) is 30.1 Å². The summed E-state index contributed by atoms with van der Waals surface area (Å²) >= 11 is 0. The van der Waals surface area contributed by atoms with Gasteiger partial charge in [0.1, 0.15) is 43.2 Å². The molecule has 0 radical (unpaired) electrons. The lowest BCUT2D eigenvalue weighted by Crippen LogP contribution is -2.68. The molecule has 7 fully saturated rings. The van der Waals surface area contributed by atoms with Crippen molar-refractivity contribution in [2.24, 2.45) is 15.3 Å². The molecule has 23 nitrogen and oxygen atoms in total. The van der Waals surface area contributed by atoms with Crippen molar-refractivity contribution < 1.29 is 66.5 Å². The van der Waals surface area contributed by atoms with Crippen molar-refractivity contribution in [3.63, 3.8) is 0 Å². The van der Waals surface area contributed by atoms with Gasteiger partial charge in [-0.3, -0.25) is 0 Å². The zero-order chi connectivity index (χ0) is 50.4. The minimum Gasteiger partial charge on any atom is -0.459 e. The van der Waals surface area contributed by atoms with Crippen LogP contribution in [0.4, 0.5) is 0 Å². The Kier molecular flexibility index (Phi) is 15.4. The Hall–Kier alpha value is -6.32. The fourth-order valence-corrected chi connectivity index (χ4v) is 11.1. The molecule has 23 heteroatoms. The summed E-state index contributed by atoms with van der Waals surface area (Å²) < 4.78 is 72.1. The lowest BCUT2D eigenvalue weighted by molar-refractivity contribution is -0.398. The lowest BCUT2D eigenvalue weighted by Gasteiger charge is -2.53. The van der Waals surface area contributed by atoms with Crippen molar-refractivity contribution in [3.05, 3.63) is 139 Å². The second kappa shape index (κ2) is 22.4. The van der Waals surface area contributed by atoms with Gasteiger partial charge in [0.15, 0.2) is 36.4 Å². The molecule has 384 valence electrons. The van der Waals surface area contributed by atoms with Gasteiger partial charge in [0.05, 0.1) is 47.6 Å². The maximum absolute atomic E-state index is 14.1. The molecule has 3 saturated carbocycles. The Bertz CT molecular complexity index is 2570. The average molecular weight is 1010 g/mol. The van der Waals surface area contributed by atoms with E-state index < -0.39 is 122 Å². The summed E-state index contributed by atoms with van der Waals surface area (Å²) in [5.41, 5.74) is 30.4. The number of nitrogens with zero attached hydrogens (tertiary/aromatic N) is 9. The molecule has 4 aliphatic heterocycles. The van der Waals surface area contributed by atoms with Gasteiger partial charge in [0.25, 0.3) is 0 Å². The van der Waals surface area contributed by atoms with E-state index >= 15 is 0 Å². The topological polar surface area (TPSA) is 299 Å². The molecule has 10 rings (SSSR count). The second-order valence-corrected chi connectivity index (χ2v) is 19.2. The molecule has 2 spiro atoms. The number of hydrogen-bond donors (Lipinski definition) is 0. The highest BCUT2D eigenvalue weighted by Crippen LogP contribution is 2.49. The summed E-state index contributed by atoms with van der Waals surface area (Å²) in [6.45, 7) is -0.511. The Morgan fingerprint density at radius 2 is 1.07 bits per heavy atom. The van der Waals surface area contributed by atoms with Crippen LogP contribution in [0, 0.1) is 0 Å². The summed E-state index contributed by atoms with van der Waals surface area (Å²) in [5.74, 6) is -4.39. The summed E-state index contributed by atoms with van der Waals surface area (Å²) in [4.78, 5) is 51.0. The van der Waals surface area contributed by atoms with Crippen LogP contribution in [-0.4, -0.2) is 128 Å². The molecule has 3 aliphatic carbocycles.